The molecule has 0 aliphatic rings. The molecule has 3 N–H and O–H groups in total. The number of nitrogens with one attached hydrogen (secondary N) is 1. The number of anilines is 1. The second kappa shape index (κ2) is 5.50. The highest BCUT2D eigenvalue weighted by atomic mass is 79.9. The maximum Gasteiger partial charge on any atom is 0.153 e. The van der Waals surface area contributed by atoms with Crippen molar-refractivity contribution >= 4 is 33.3 Å². The van der Waals surface area contributed by atoms with E-state index >= 15 is 0 Å². The normalized spacial score (nSPS) is 10.8. The highest BCUT2D eigenvalue weighted by Gasteiger charge is 2.19. The summed E-state index contributed by atoms with van der Waals surface area (Å²) in [5.74, 6) is -0.155. The second-order valence-electron chi connectivity index (χ2n) is 4.44. The van der Waals surface area contributed by atoms with E-state index in [0.717, 1.165) is 10.0 Å². The van der Waals surface area contributed by atoms with E-state index in [1.807, 2.05) is 24.3 Å². The third-order valence-corrected chi connectivity index (χ3v) is 4.23. The Morgan fingerprint density at radius 2 is 1.81 bits per heavy atom. The zero-order valence-corrected chi connectivity index (χ0v) is 13.0. The van der Waals surface area contributed by atoms with Gasteiger partial charge in [-0.05, 0) is 12.1 Å². The van der Waals surface area contributed by atoms with Crippen LogP contribution < -0.4 is 5.73 Å². The molecule has 3 aromatic rings. The largest absolute Gasteiger partial charge is 0.382 e. The second-order valence-corrected chi connectivity index (χ2v) is 5.67. The Labute approximate surface area is 134 Å². The molecule has 6 heteroatoms. The fourth-order valence-electron chi connectivity index (χ4n) is 2.18. The van der Waals surface area contributed by atoms with Gasteiger partial charge in [-0.1, -0.05) is 57.9 Å². The average molecular weight is 367 g/mol. The van der Waals surface area contributed by atoms with E-state index < -0.39 is 5.82 Å². The lowest BCUT2D eigenvalue weighted by atomic mass is 10.0. The van der Waals surface area contributed by atoms with Crippen LogP contribution in [0.3, 0.4) is 0 Å². The summed E-state index contributed by atoms with van der Waals surface area (Å²) in [5, 5.41) is 6.91. The smallest absolute Gasteiger partial charge is 0.153 e. The summed E-state index contributed by atoms with van der Waals surface area (Å²) in [6.45, 7) is 0. The molecule has 106 valence electrons. The summed E-state index contributed by atoms with van der Waals surface area (Å²) in [5.41, 5.74) is 8.62. The molecule has 0 spiro atoms. The first-order valence-corrected chi connectivity index (χ1v) is 7.30. The molecule has 0 radical (unpaired) electrons. The van der Waals surface area contributed by atoms with E-state index in [4.69, 9.17) is 17.3 Å². The third kappa shape index (κ3) is 2.43. The summed E-state index contributed by atoms with van der Waals surface area (Å²) >= 11 is 9.55. The molecule has 0 bridgehead atoms. The number of hydrogen-bond acceptors (Lipinski definition) is 2. The summed E-state index contributed by atoms with van der Waals surface area (Å²) in [7, 11) is 0. The molecule has 0 atom stereocenters. The zero-order valence-electron chi connectivity index (χ0n) is 10.7. The molecule has 0 amide bonds. The number of aromatic nitrogens is 2. The van der Waals surface area contributed by atoms with Crippen LogP contribution in [0.4, 0.5) is 10.2 Å². The number of hydrogen-bond donors (Lipinski definition) is 2. The monoisotopic (exact) mass is 365 g/mol. The van der Waals surface area contributed by atoms with Crippen LogP contribution in [0.1, 0.15) is 0 Å². The minimum Gasteiger partial charge on any atom is -0.382 e. The molecule has 0 saturated carbocycles. The van der Waals surface area contributed by atoms with Crippen LogP contribution in [0.2, 0.25) is 5.02 Å². The van der Waals surface area contributed by atoms with Gasteiger partial charge in [0, 0.05) is 15.6 Å². The molecule has 1 heterocycles. The van der Waals surface area contributed by atoms with Crippen LogP contribution in [0.15, 0.2) is 46.9 Å². The van der Waals surface area contributed by atoms with E-state index in [1.165, 1.54) is 6.07 Å². The Balaban J connectivity index is 2.28. The minimum atomic E-state index is -0.486. The highest BCUT2D eigenvalue weighted by Crippen LogP contribution is 2.40. The van der Waals surface area contributed by atoms with Crippen molar-refractivity contribution in [2.75, 3.05) is 5.73 Å². The van der Waals surface area contributed by atoms with Gasteiger partial charge in [0.15, 0.2) is 5.82 Å². The van der Waals surface area contributed by atoms with Gasteiger partial charge in [-0.25, -0.2) is 4.39 Å². The molecular formula is C15H10BrClFN3. The first-order valence-electron chi connectivity index (χ1n) is 6.12. The Bertz CT molecular complexity index is 816. The van der Waals surface area contributed by atoms with Gasteiger partial charge in [0.2, 0.25) is 0 Å². The zero-order chi connectivity index (χ0) is 15.0. The third-order valence-electron chi connectivity index (χ3n) is 3.16. The highest BCUT2D eigenvalue weighted by molar-refractivity contribution is 9.10. The van der Waals surface area contributed by atoms with E-state index in [-0.39, 0.29) is 5.02 Å². The van der Waals surface area contributed by atoms with Crippen molar-refractivity contribution in [2.45, 2.75) is 0 Å². The first kappa shape index (κ1) is 14.1. The van der Waals surface area contributed by atoms with E-state index in [0.29, 0.717) is 22.6 Å². The minimum absolute atomic E-state index is 0.0365. The Kier molecular flexibility index (Phi) is 3.69. The van der Waals surface area contributed by atoms with Crippen LogP contribution in [0.25, 0.3) is 22.4 Å². The lowest BCUT2D eigenvalue weighted by molar-refractivity contribution is 0.628. The van der Waals surface area contributed by atoms with Crippen molar-refractivity contribution in [3.63, 3.8) is 0 Å². The number of rotatable bonds is 2. The molecule has 0 aliphatic carbocycles. The number of nitrogens with two attached hydrogens (primary N) is 1. The van der Waals surface area contributed by atoms with Gasteiger partial charge < -0.3 is 5.73 Å². The molecule has 0 fully saturated rings. The van der Waals surface area contributed by atoms with Crippen molar-refractivity contribution < 1.29 is 4.39 Å². The van der Waals surface area contributed by atoms with Gasteiger partial charge in [-0.2, -0.15) is 5.10 Å². The van der Waals surface area contributed by atoms with Crippen molar-refractivity contribution in [1.82, 2.24) is 10.2 Å². The first-order chi connectivity index (χ1) is 10.1. The molecule has 0 saturated heterocycles. The van der Waals surface area contributed by atoms with E-state index in [9.17, 15) is 4.39 Å². The molecule has 0 aliphatic heterocycles. The quantitative estimate of drug-likeness (QED) is 0.679. The molecule has 0 unspecified atom stereocenters. The average Bonchev–Trinajstić information content (AvgIpc) is 2.84. The topological polar surface area (TPSA) is 54.7 Å². The van der Waals surface area contributed by atoms with Crippen molar-refractivity contribution in [3.8, 4) is 22.4 Å². The van der Waals surface area contributed by atoms with Crippen LogP contribution >= 0.6 is 27.5 Å². The molecule has 21 heavy (non-hydrogen) atoms. The van der Waals surface area contributed by atoms with Crippen molar-refractivity contribution in [1.29, 1.82) is 0 Å². The summed E-state index contributed by atoms with van der Waals surface area (Å²) < 4.78 is 14.5. The van der Waals surface area contributed by atoms with E-state index in [2.05, 4.69) is 26.1 Å². The summed E-state index contributed by atoms with van der Waals surface area (Å²) in [4.78, 5) is 0. The van der Waals surface area contributed by atoms with Crippen LogP contribution in [-0.4, -0.2) is 10.2 Å². The molecule has 3 nitrogen and oxygen atoms in total. The molecule has 1 aromatic heterocycles. The maximum atomic E-state index is 13.7. The van der Waals surface area contributed by atoms with Crippen LogP contribution in [0.5, 0.6) is 0 Å². The SMILES string of the molecule is Nc1n[nH]c(-c2cccc(F)c2Cl)c1-c1ccccc1Br. The number of nitrogen functional groups attached to an aromatic ring is 1. The van der Waals surface area contributed by atoms with Gasteiger partial charge in [0.05, 0.1) is 16.3 Å². The number of H-pyrrole nitrogens is 1. The summed E-state index contributed by atoms with van der Waals surface area (Å²) in [6, 6.07) is 12.2. The predicted octanol–water partition coefficient (Wildman–Crippen LogP) is 4.88. The molecule has 3 rings (SSSR count). The van der Waals surface area contributed by atoms with Gasteiger partial charge in [-0.3, -0.25) is 5.10 Å². The molecule has 2 aromatic carbocycles. The van der Waals surface area contributed by atoms with Gasteiger partial charge in [-0.15, -0.1) is 0 Å². The molecular weight excluding hydrogens is 357 g/mol. The fourth-order valence-corrected chi connectivity index (χ4v) is 2.89. The van der Waals surface area contributed by atoms with Gasteiger partial charge in [0.25, 0.3) is 0 Å². The van der Waals surface area contributed by atoms with Crippen molar-refractivity contribution in [3.05, 3.63) is 57.8 Å². The Morgan fingerprint density at radius 1 is 1.10 bits per heavy atom. The van der Waals surface area contributed by atoms with Crippen molar-refractivity contribution in [2.24, 2.45) is 0 Å². The number of halogens is 3. The maximum absolute atomic E-state index is 13.7. The van der Waals surface area contributed by atoms with Crippen LogP contribution in [0, 0.1) is 5.82 Å². The number of aromatic amines is 1. The lowest BCUT2D eigenvalue weighted by Crippen LogP contribution is -1.90. The van der Waals surface area contributed by atoms with Crippen LogP contribution in [-0.2, 0) is 0 Å². The number of nitrogens with zero attached hydrogens (tertiary/aromatic N) is 1. The standard InChI is InChI=1S/C15H10BrClFN3/c16-10-6-2-1-4-8(10)12-14(20-21-15(12)19)9-5-3-7-11(18)13(9)17/h1-7H,(H3,19,20,21). The Hall–Kier alpha value is -1.85. The fraction of sp³-hybridized carbons (Fsp3) is 0. The van der Waals surface area contributed by atoms with Gasteiger partial charge in [0.1, 0.15) is 5.82 Å². The summed E-state index contributed by atoms with van der Waals surface area (Å²) in [6.07, 6.45) is 0. The predicted molar refractivity (Wildman–Crippen MR) is 86.5 cm³/mol. The number of benzene rings is 2. The Morgan fingerprint density at radius 3 is 2.57 bits per heavy atom. The lowest BCUT2D eigenvalue weighted by Gasteiger charge is -2.08. The van der Waals surface area contributed by atoms with E-state index in [1.54, 1.807) is 12.1 Å². The van der Waals surface area contributed by atoms with Gasteiger partial charge >= 0.3 is 0 Å².